The van der Waals surface area contributed by atoms with Crippen LogP contribution in [0.4, 0.5) is 0 Å². The fourth-order valence-electron chi connectivity index (χ4n) is 1.70. The molecule has 0 fully saturated rings. The predicted molar refractivity (Wildman–Crippen MR) is 94.6 cm³/mol. The topological polar surface area (TPSA) is 98.0 Å². The average Bonchev–Trinajstić information content (AvgIpc) is 2.56. The molecule has 1 heterocycles. The van der Waals surface area contributed by atoms with Gasteiger partial charge in [-0.3, -0.25) is 9.59 Å². The number of allylic oxidation sites excluding steroid dienone is 1. The number of aryl methyl sites for hydroxylation is 1. The highest BCUT2D eigenvalue weighted by atomic mass is 32.2. The highest BCUT2D eigenvalue weighted by molar-refractivity contribution is 7.99. The zero-order valence-corrected chi connectivity index (χ0v) is 14.9. The summed E-state index contributed by atoms with van der Waals surface area (Å²) in [6.45, 7) is 4.73. The molecule has 0 radical (unpaired) electrons. The Bertz CT molecular complexity index is 578. The van der Waals surface area contributed by atoms with Crippen molar-refractivity contribution in [3.8, 4) is 0 Å². The van der Waals surface area contributed by atoms with Crippen LogP contribution in [0.5, 0.6) is 0 Å². The molecule has 1 rings (SSSR count). The van der Waals surface area contributed by atoms with Gasteiger partial charge in [0.15, 0.2) is 5.69 Å². The van der Waals surface area contributed by atoms with Crippen LogP contribution in [-0.2, 0) is 4.79 Å². The second-order valence-corrected chi connectivity index (χ2v) is 6.27. The third-order valence-corrected chi connectivity index (χ3v) is 4.00. The van der Waals surface area contributed by atoms with Crippen molar-refractivity contribution in [2.45, 2.75) is 26.7 Å². The Morgan fingerprint density at radius 2 is 2.00 bits per heavy atom. The van der Waals surface area contributed by atoms with E-state index in [0.29, 0.717) is 29.9 Å². The number of carbonyl (C=O) groups is 2. The summed E-state index contributed by atoms with van der Waals surface area (Å²) in [7, 11) is 0. The van der Waals surface area contributed by atoms with Crippen LogP contribution in [-0.4, -0.2) is 41.4 Å². The van der Waals surface area contributed by atoms with Gasteiger partial charge in [-0.25, -0.2) is 4.98 Å². The van der Waals surface area contributed by atoms with E-state index in [1.54, 1.807) is 18.7 Å². The minimum atomic E-state index is -0.365. The van der Waals surface area contributed by atoms with Gasteiger partial charge < -0.3 is 15.8 Å². The Kier molecular flexibility index (Phi) is 9.52. The van der Waals surface area contributed by atoms with E-state index < -0.39 is 0 Å². The summed E-state index contributed by atoms with van der Waals surface area (Å²) >= 11 is 1.63. The molecule has 0 aliphatic carbocycles. The number of thioether (sulfide) groups is 1. The predicted octanol–water partition coefficient (Wildman–Crippen LogP) is 0.959. The number of aromatic nitrogens is 2. The van der Waals surface area contributed by atoms with Crippen LogP contribution in [0.3, 0.4) is 0 Å². The maximum Gasteiger partial charge on any atom is 0.276 e. The molecule has 0 aliphatic rings. The molecule has 0 saturated carbocycles. The van der Waals surface area contributed by atoms with Crippen molar-refractivity contribution in [2.24, 2.45) is 0 Å². The summed E-state index contributed by atoms with van der Waals surface area (Å²) in [6.07, 6.45) is 7.71. The highest BCUT2D eigenvalue weighted by Crippen LogP contribution is 1.98. The third-order valence-electron chi connectivity index (χ3n) is 3.02. The standard InChI is InChI=1S/C16H24N4O3S/c1-3-4-5-6-15(21)17-7-9-24-10-8-18-16(22)14-12-20(23)13(2)11-19-14/h4-5,11-12H,3,6-10H2,1-2H3,(H,17,21)(H,18,22)/b5-4-. The zero-order valence-electron chi connectivity index (χ0n) is 14.1. The molecule has 24 heavy (non-hydrogen) atoms. The fraction of sp³-hybridized carbons (Fsp3) is 0.500. The monoisotopic (exact) mass is 352 g/mol. The molecule has 0 aliphatic heterocycles. The van der Waals surface area contributed by atoms with Crippen LogP contribution in [0.15, 0.2) is 24.5 Å². The van der Waals surface area contributed by atoms with E-state index in [0.717, 1.165) is 17.9 Å². The number of hydrogen-bond donors (Lipinski definition) is 2. The van der Waals surface area contributed by atoms with Gasteiger partial charge in [0.1, 0.15) is 0 Å². The van der Waals surface area contributed by atoms with Crippen molar-refractivity contribution in [3.05, 3.63) is 41.1 Å². The van der Waals surface area contributed by atoms with E-state index >= 15 is 0 Å². The molecule has 0 spiro atoms. The lowest BCUT2D eigenvalue weighted by Gasteiger charge is -2.06. The van der Waals surface area contributed by atoms with Gasteiger partial charge >= 0.3 is 0 Å². The number of amides is 2. The first-order valence-corrected chi connectivity index (χ1v) is 9.03. The van der Waals surface area contributed by atoms with Crippen molar-refractivity contribution >= 4 is 23.6 Å². The molecule has 2 amide bonds. The Balaban J connectivity index is 2.09. The maximum absolute atomic E-state index is 11.8. The Morgan fingerprint density at radius 3 is 2.67 bits per heavy atom. The van der Waals surface area contributed by atoms with Gasteiger partial charge in [0.05, 0.1) is 6.20 Å². The lowest BCUT2D eigenvalue weighted by molar-refractivity contribution is -0.613. The fourth-order valence-corrected chi connectivity index (χ4v) is 2.40. The molecule has 1 aromatic heterocycles. The third kappa shape index (κ3) is 7.96. The molecule has 132 valence electrons. The SMILES string of the molecule is CC/C=C\CC(=O)NCCSCCNC(=O)c1c[n+]([O-])c(C)cn1. The van der Waals surface area contributed by atoms with Gasteiger partial charge in [0.25, 0.3) is 5.91 Å². The van der Waals surface area contributed by atoms with Gasteiger partial charge in [-0.1, -0.05) is 19.1 Å². The summed E-state index contributed by atoms with van der Waals surface area (Å²) in [5, 5.41) is 16.9. The molecule has 0 unspecified atom stereocenters. The lowest BCUT2D eigenvalue weighted by atomic mass is 10.3. The minimum Gasteiger partial charge on any atom is -0.618 e. The summed E-state index contributed by atoms with van der Waals surface area (Å²) in [5.74, 6) is 1.16. The zero-order chi connectivity index (χ0) is 17.8. The highest BCUT2D eigenvalue weighted by Gasteiger charge is 2.11. The summed E-state index contributed by atoms with van der Waals surface area (Å²) in [5.41, 5.74) is 0.544. The quantitative estimate of drug-likeness (QED) is 0.283. The second-order valence-electron chi connectivity index (χ2n) is 5.04. The van der Waals surface area contributed by atoms with E-state index in [9.17, 15) is 14.8 Å². The number of nitrogens with zero attached hydrogens (tertiary/aromatic N) is 2. The Labute approximate surface area is 146 Å². The molecule has 0 bridgehead atoms. The van der Waals surface area contributed by atoms with E-state index in [-0.39, 0.29) is 17.5 Å². The van der Waals surface area contributed by atoms with Crippen molar-refractivity contribution in [1.29, 1.82) is 0 Å². The van der Waals surface area contributed by atoms with Crippen molar-refractivity contribution < 1.29 is 14.3 Å². The average molecular weight is 352 g/mol. The van der Waals surface area contributed by atoms with Crippen molar-refractivity contribution in [3.63, 3.8) is 0 Å². The first-order chi connectivity index (χ1) is 11.5. The van der Waals surface area contributed by atoms with Gasteiger partial charge in [-0.2, -0.15) is 16.5 Å². The lowest BCUT2D eigenvalue weighted by Crippen LogP contribution is -2.34. The van der Waals surface area contributed by atoms with Crippen molar-refractivity contribution in [1.82, 2.24) is 15.6 Å². The largest absolute Gasteiger partial charge is 0.618 e. The van der Waals surface area contributed by atoms with Crippen LogP contribution in [0.25, 0.3) is 0 Å². The summed E-state index contributed by atoms with van der Waals surface area (Å²) < 4.78 is 0.620. The number of hydrogen-bond acceptors (Lipinski definition) is 5. The molecule has 0 aromatic carbocycles. The van der Waals surface area contributed by atoms with Gasteiger partial charge in [-0.15, -0.1) is 0 Å². The first-order valence-electron chi connectivity index (χ1n) is 7.88. The van der Waals surface area contributed by atoms with Gasteiger partial charge in [-0.05, 0) is 6.42 Å². The molecule has 0 saturated heterocycles. The number of nitrogens with one attached hydrogen (secondary N) is 2. The molecule has 1 aromatic rings. The molecule has 2 N–H and O–H groups in total. The Morgan fingerprint density at radius 1 is 1.29 bits per heavy atom. The number of rotatable bonds is 10. The van der Waals surface area contributed by atoms with Crippen LogP contribution in [0.1, 0.15) is 35.9 Å². The van der Waals surface area contributed by atoms with Crippen LogP contribution >= 0.6 is 11.8 Å². The Hall–Kier alpha value is -2.09. The molecular weight excluding hydrogens is 328 g/mol. The van der Waals surface area contributed by atoms with Crippen molar-refractivity contribution in [2.75, 3.05) is 24.6 Å². The van der Waals surface area contributed by atoms with E-state index in [1.165, 1.54) is 12.4 Å². The maximum atomic E-state index is 11.8. The smallest absolute Gasteiger partial charge is 0.276 e. The van der Waals surface area contributed by atoms with E-state index in [2.05, 4.69) is 15.6 Å². The first kappa shape index (κ1) is 20.0. The minimum absolute atomic E-state index is 0.0185. The van der Waals surface area contributed by atoms with E-state index in [1.807, 2.05) is 19.1 Å². The molecular formula is C16H24N4O3S. The van der Waals surface area contributed by atoms with Crippen LogP contribution in [0, 0.1) is 12.1 Å². The molecule has 7 nitrogen and oxygen atoms in total. The second kappa shape index (κ2) is 11.4. The molecule has 8 heteroatoms. The van der Waals surface area contributed by atoms with Gasteiger partial charge in [0, 0.05) is 37.9 Å². The number of carbonyl (C=O) groups excluding carboxylic acids is 2. The van der Waals surface area contributed by atoms with Crippen LogP contribution < -0.4 is 15.4 Å². The van der Waals surface area contributed by atoms with Crippen LogP contribution in [0.2, 0.25) is 0 Å². The molecule has 0 atom stereocenters. The normalized spacial score (nSPS) is 10.8. The van der Waals surface area contributed by atoms with E-state index in [4.69, 9.17) is 0 Å². The summed E-state index contributed by atoms with van der Waals surface area (Å²) in [4.78, 5) is 27.2. The summed E-state index contributed by atoms with van der Waals surface area (Å²) in [6, 6.07) is 0. The van der Waals surface area contributed by atoms with Gasteiger partial charge in [0.2, 0.25) is 17.8 Å².